The number of rotatable bonds is 1. The van der Waals surface area contributed by atoms with Gasteiger partial charge in [0.05, 0.1) is 0 Å². The van der Waals surface area contributed by atoms with Crippen LogP contribution in [0, 0.1) is 5.92 Å². The van der Waals surface area contributed by atoms with Crippen molar-refractivity contribution in [3.63, 3.8) is 0 Å². The van der Waals surface area contributed by atoms with Crippen LogP contribution in [0.4, 0.5) is 4.79 Å². The van der Waals surface area contributed by atoms with Gasteiger partial charge in [-0.3, -0.25) is 0 Å². The molecule has 0 radical (unpaired) electrons. The molecule has 0 aliphatic carbocycles. The summed E-state index contributed by atoms with van der Waals surface area (Å²) in [5.41, 5.74) is 0. The van der Waals surface area contributed by atoms with Gasteiger partial charge in [0.1, 0.15) is 0 Å². The summed E-state index contributed by atoms with van der Waals surface area (Å²) in [6.45, 7) is 6.38. The summed E-state index contributed by atoms with van der Waals surface area (Å²) in [7, 11) is 0. The van der Waals surface area contributed by atoms with E-state index in [0.717, 1.165) is 5.92 Å². The van der Waals surface area contributed by atoms with Crippen LogP contribution in [0.5, 0.6) is 0 Å². The van der Waals surface area contributed by atoms with E-state index in [1.165, 1.54) is 0 Å². The Morgan fingerprint density at radius 3 is 1.70 bits per heavy atom. The molecule has 0 aliphatic heterocycles. The summed E-state index contributed by atoms with van der Waals surface area (Å²) in [5, 5.41) is 13.9. The second-order valence-corrected chi connectivity index (χ2v) is 2.05. The van der Waals surface area contributed by atoms with Crippen molar-refractivity contribution in [1.29, 1.82) is 0 Å². The molecule has 0 bridgehead atoms. The first-order valence-electron chi connectivity index (χ1n) is 3.05. The molecule has 10 heavy (non-hydrogen) atoms. The van der Waals surface area contributed by atoms with Gasteiger partial charge in [-0.1, -0.05) is 26.0 Å². The Hall–Kier alpha value is -0.990. The van der Waals surface area contributed by atoms with E-state index in [-0.39, 0.29) is 0 Å². The third kappa shape index (κ3) is 62.7. The Morgan fingerprint density at radius 2 is 1.70 bits per heavy atom. The van der Waals surface area contributed by atoms with Crippen molar-refractivity contribution in [1.82, 2.24) is 0 Å². The normalized spacial score (nSPS) is 9.20. The van der Waals surface area contributed by atoms with Crippen molar-refractivity contribution in [2.24, 2.45) is 5.92 Å². The highest BCUT2D eigenvalue weighted by Gasteiger charge is 1.76. The molecule has 3 nitrogen and oxygen atoms in total. The fraction of sp³-hybridized carbons (Fsp3) is 0.571. The monoisotopic (exact) mass is 146 g/mol. The summed E-state index contributed by atoms with van der Waals surface area (Å²) >= 11 is 0. The highest BCUT2D eigenvalue weighted by atomic mass is 16.6. The third-order valence-electron chi connectivity index (χ3n) is 0.577. The molecule has 0 amide bonds. The van der Waals surface area contributed by atoms with Crippen LogP contribution in [0.3, 0.4) is 0 Å². The molecule has 2 N–H and O–H groups in total. The minimum Gasteiger partial charge on any atom is -0.450 e. The van der Waals surface area contributed by atoms with E-state index in [1.807, 2.05) is 6.92 Å². The minimum absolute atomic E-state index is 0.718. The zero-order valence-electron chi connectivity index (χ0n) is 6.53. The fourth-order valence-corrected chi connectivity index (χ4v) is 0.385. The van der Waals surface area contributed by atoms with Gasteiger partial charge in [-0.05, 0) is 12.8 Å². The van der Waals surface area contributed by atoms with Crippen LogP contribution >= 0.6 is 0 Å². The summed E-state index contributed by atoms with van der Waals surface area (Å²) in [4.78, 5) is 8.56. The third-order valence-corrected chi connectivity index (χ3v) is 0.577. The lowest BCUT2D eigenvalue weighted by molar-refractivity contribution is 0.137. The van der Waals surface area contributed by atoms with Crippen molar-refractivity contribution in [2.75, 3.05) is 0 Å². The lowest BCUT2D eigenvalue weighted by Crippen LogP contribution is -1.81. The molecular formula is C7H14O3. The maximum absolute atomic E-state index is 8.56. The Balaban J connectivity index is 0. The molecule has 0 spiro atoms. The van der Waals surface area contributed by atoms with Gasteiger partial charge in [0.15, 0.2) is 0 Å². The zero-order chi connectivity index (χ0) is 8.57. The molecular weight excluding hydrogens is 132 g/mol. The molecule has 0 aromatic rings. The summed E-state index contributed by atoms with van der Waals surface area (Å²) < 4.78 is 0. The molecule has 0 heterocycles. The molecule has 0 aromatic heterocycles. The van der Waals surface area contributed by atoms with Gasteiger partial charge in [0.25, 0.3) is 0 Å². The maximum atomic E-state index is 8.56. The lowest BCUT2D eigenvalue weighted by Gasteiger charge is -1.86. The van der Waals surface area contributed by atoms with Crippen molar-refractivity contribution < 1.29 is 15.0 Å². The molecule has 0 saturated heterocycles. The average molecular weight is 146 g/mol. The summed E-state index contributed by atoms with van der Waals surface area (Å²) in [6.07, 6.45) is 2.41. The largest absolute Gasteiger partial charge is 0.503 e. The number of carboxylic acid groups (broad SMARTS) is 2. The van der Waals surface area contributed by atoms with Crippen LogP contribution < -0.4 is 0 Å². The van der Waals surface area contributed by atoms with Gasteiger partial charge in [0.2, 0.25) is 0 Å². The van der Waals surface area contributed by atoms with E-state index in [9.17, 15) is 0 Å². The highest BCUT2D eigenvalue weighted by molar-refractivity contribution is 5.53. The van der Waals surface area contributed by atoms with Gasteiger partial charge < -0.3 is 10.2 Å². The number of hydrogen-bond donors (Lipinski definition) is 2. The number of hydrogen-bond acceptors (Lipinski definition) is 1. The Bertz CT molecular complexity index is 101. The van der Waals surface area contributed by atoms with E-state index in [4.69, 9.17) is 15.0 Å². The molecule has 0 fully saturated rings. The number of allylic oxidation sites excluding steroid dienone is 2. The molecule has 3 heteroatoms. The fourth-order valence-electron chi connectivity index (χ4n) is 0.385. The Labute approximate surface area is 61.0 Å². The minimum atomic E-state index is -1.83. The van der Waals surface area contributed by atoms with Crippen molar-refractivity contribution >= 4 is 6.16 Å². The predicted molar refractivity (Wildman–Crippen MR) is 40.3 cm³/mol. The Kier molecular flexibility index (Phi) is 9.42. The molecule has 0 rings (SSSR count). The SMILES string of the molecule is CC=CC(C)C.O=C(O)O. The second-order valence-electron chi connectivity index (χ2n) is 2.05. The van der Waals surface area contributed by atoms with E-state index >= 15 is 0 Å². The summed E-state index contributed by atoms with van der Waals surface area (Å²) in [5.74, 6) is 0.718. The van der Waals surface area contributed by atoms with Gasteiger partial charge >= 0.3 is 6.16 Å². The van der Waals surface area contributed by atoms with Gasteiger partial charge in [-0.25, -0.2) is 4.79 Å². The molecule has 60 valence electrons. The first kappa shape index (κ1) is 11.8. The van der Waals surface area contributed by atoms with Crippen LogP contribution in [-0.4, -0.2) is 16.4 Å². The molecule has 0 unspecified atom stereocenters. The molecule has 0 atom stereocenters. The highest BCUT2D eigenvalue weighted by Crippen LogP contribution is 1.90. The van der Waals surface area contributed by atoms with Crippen molar-refractivity contribution in [3.05, 3.63) is 12.2 Å². The van der Waals surface area contributed by atoms with E-state index < -0.39 is 6.16 Å². The van der Waals surface area contributed by atoms with Crippen LogP contribution in [0.25, 0.3) is 0 Å². The summed E-state index contributed by atoms with van der Waals surface area (Å²) in [6, 6.07) is 0. The standard InChI is InChI=1S/C6H12.CH2O3/c1-4-5-6(2)3;2-1(3)4/h4-6H,1-3H3;(H2,2,3,4). The van der Waals surface area contributed by atoms with E-state index in [1.54, 1.807) is 0 Å². The van der Waals surface area contributed by atoms with Gasteiger partial charge in [0, 0.05) is 0 Å². The average Bonchev–Trinajstić information content (AvgIpc) is 1.62. The van der Waals surface area contributed by atoms with Crippen molar-refractivity contribution in [3.8, 4) is 0 Å². The van der Waals surface area contributed by atoms with E-state index in [0.29, 0.717) is 0 Å². The van der Waals surface area contributed by atoms with Crippen LogP contribution in [0.15, 0.2) is 12.2 Å². The zero-order valence-corrected chi connectivity index (χ0v) is 6.53. The number of carbonyl (C=O) groups is 1. The second kappa shape index (κ2) is 8.01. The van der Waals surface area contributed by atoms with E-state index in [2.05, 4.69) is 26.0 Å². The van der Waals surface area contributed by atoms with Crippen LogP contribution in [0.2, 0.25) is 0 Å². The maximum Gasteiger partial charge on any atom is 0.503 e. The Morgan fingerprint density at radius 1 is 1.40 bits per heavy atom. The first-order valence-corrected chi connectivity index (χ1v) is 3.05. The van der Waals surface area contributed by atoms with Crippen LogP contribution in [-0.2, 0) is 0 Å². The lowest BCUT2D eigenvalue weighted by atomic mass is 10.2. The first-order chi connectivity index (χ1) is 4.50. The topological polar surface area (TPSA) is 57.5 Å². The van der Waals surface area contributed by atoms with Crippen molar-refractivity contribution in [2.45, 2.75) is 20.8 Å². The van der Waals surface area contributed by atoms with Gasteiger partial charge in [-0.15, -0.1) is 0 Å². The smallest absolute Gasteiger partial charge is 0.450 e. The molecule has 0 aliphatic rings. The quantitative estimate of drug-likeness (QED) is 0.558. The van der Waals surface area contributed by atoms with Gasteiger partial charge in [-0.2, -0.15) is 0 Å². The van der Waals surface area contributed by atoms with Crippen LogP contribution in [0.1, 0.15) is 20.8 Å². The molecule has 0 aromatic carbocycles. The predicted octanol–water partition coefficient (Wildman–Crippen LogP) is 2.44. The molecule has 0 saturated carbocycles.